The number of anilines is 1. The quantitative estimate of drug-likeness (QED) is 0.835. The number of hydrogen-bond acceptors (Lipinski definition) is 5. The molecule has 0 spiro atoms. The van der Waals surface area contributed by atoms with Crippen LogP contribution >= 0.6 is 0 Å². The van der Waals surface area contributed by atoms with Crippen molar-refractivity contribution in [3.8, 4) is 0 Å². The van der Waals surface area contributed by atoms with Crippen molar-refractivity contribution in [2.75, 3.05) is 32.1 Å². The lowest BCUT2D eigenvalue weighted by Crippen LogP contribution is -2.31. The number of methoxy groups -OCH3 is 1. The van der Waals surface area contributed by atoms with Crippen LogP contribution in [0.1, 0.15) is 44.1 Å². The van der Waals surface area contributed by atoms with Gasteiger partial charge in [0.15, 0.2) is 0 Å². The van der Waals surface area contributed by atoms with E-state index in [9.17, 15) is 0 Å². The molecule has 2 heterocycles. The van der Waals surface area contributed by atoms with Crippen LogP contribution in [0.4, 0.5) is 5.82 Å². The maximum absolute atomic E-state index is 5.19. The van der Waals surface area contributed by atoms with Crippen LogP contribution in [0.3, 0.4) is 0 Å². The zero-order chi connectivity index (χ0) is 14.4. The fourth-order valence-electron chi connectivity index (χ4n) is 2.42. The zero-order valence-corrected chi connectivity index (χ0v) is 12.8. The molecule has 1 aliphatic heterocycles. The van der Waals surface area contributed by atoms with Gasteiger partial charge in [-0.15, -0.1) is 0 Å². The molecule has 0 aliphatic carbocycles. The Balaban J connectivity index is 2.01. The Morgan fingerprint density at radius 2 is 2.10 bits per heavy atom. The lowest BCUT2D eigenvalue weighted by Gasteiger charge is -2.23. The first-order valence-corrected chi connectivity index (χ1v) is 7.50. The molecule has 0 aromatic carbocycles. The molecule has 0 bridgehead atoms. The molecule has 20 heavy (non-hydrogen) atoms. The summed E-state index contributed by atoms with van der Waals surface area (Å²) in [5, 5.41) is 6.87. The van der Waals surface area contributed by atoms with Crippen molar-refractivity contribution in [3.63, 3.8) is 0 Å². The maximum atomic E-state index is 5.19. The number of nitrogens with zero attached hydrogens (tertiary/aromatic N) is 2. The third kappa shape index (κ3) is 4.42. The lowest BCUT2D eigenvalue weighted by atomic mass is 9.98. The summed E-state index contributed by atoms with van der Waals surface area (Å²) in [6.07, 6.45) is 2.47. The topological polar surface area (TPSA) is 59.1 Å². The van der Waals surface area contributed by atoms with Crippen LogP contribution in [0.2, 0.25) is 0 Å². The summed E-state index contributed by atoms with van der Waals surface area (Å²) >= 11 is 0. The molecular formula is C15H26N4O. The normalized spacial score (nSPS) is 16.6. The van der Waals surface area contributed by atoms with Crippen molar-refractivity contribution < 1.29 is 4.74 Å². The number of hydrogen-bond donors (Lipinski definition) is 2. The largest absolute Gasteiger partial charge is 0.378 e. The van der Waals surface area contributed by atoms with E-state index in [4.69, 9.17) is 4.74 Å². The molecule has 1 aromatic heterocycles. The Hall–Kier alpha value is -1.20. The third-order valence-corrected chi connectivity index (χ3v) is 3.64. The summed E-state index contributed by atoms with van der Waals surface area (Å²) in [7, 11) is 1.69. The van der Waals surface area contributed by atoms with Gasteiger partial charge in [0.2, 0.25) is 0 Å². The fourth-order valence-corrected chi connectivity index (χ4v) is 2.42. The molecule has 5 heteroatoms. The number of rotatable bonds is 6. The number of nitrogens with one attached hydrogen (secondary N) is 2. The average Bonchev–Trinajstić information content (AvgIpc) is 2.46. The van der Waals surface area contributed by atoms with Gasteiger partial charge in [0.1, 0.15) is 11.6 Å². The van der Waals surface area contributed by atoms with E-state index in [2.05, 4.69) is 34.4 Å². The molecule has 0 saturated carbocycles. The molecule has 0 amide bonds. The van der Waals surface area contributed by atoms with Crippen LogP contribution in [0.25, 0.3) is 0 Å². The van der Waals surface area contributed by atoms with Crippen LogP contribution in [-0.4, -0.2) is 36.7 Å². The second-order valence-electron chi connectivity index (χ2n) is 5.76. The predicted octanol–water partition coefficient (Wildman–Crippen LogP) is 2.16. The fraction of sp³-hybridized carbons (Fsp3) is 0.733. The monoisotopic (exact) mass is 278 g/mol. The van der Waals surface area contributed by atoms with Gasteiger partial charge in [0.05, 0.1) is 12.3 Å². The summed E-state index contributed by atoms with van der Waals surface area (Å²) in [5.74, 6) is 2.87. The zero-order valence-electron chi connectivity index (χ0n) is 12.8. The minimum Gasteiger partial charge on any atom is -0.378 e. The van der Waals surface area contributed by atoms with E-state index in [1.165, 1.54) is 12.8 Å². The van der Waals surface area contributed by atoms with Gasteiger partial charge in [0.25, 0.3) is 0 Å². The second kappa shape index (κ2) is 7.55. The van der Waals surface area contributed by atoms with Gasteiger partial charge < -0.3 is 15.4 Å². The van der Waals surface area contributed by atoms with Crippen molar-refractivity contribution in [1.82, 2.24) is 15.3 Å². The molecule has 0 unspecified atom stereocenters. The Labute approximate surface area is 121 Å². The van der Waals surface area contributed by atoms with Crippen LogP contribution in [0, 0.1) is 5.92 Å². The Morgan fingerprint density at radius 3 is 2.75 bits per heavy atom. The van der Waals surface area contributed by atoms with Gasteiger partial charge in [-0.1, -0.05) is 13.8 Å². The van der Waals surface area contributed by atoms with E-state index < -0.39 is 0 Å². The molecule has 0 radical (unpaired) electrons. The molecule has 2 N–H and O–H groups in total. The van der Waals surface area contributed by atoms with Crippen molar-refractivity contribution in [1.29, 1.82) is 0 Å². The van der Waals surface area contributed by atoms with Crippen molar-refractivity contribution in [3.05, 3.63) is 17.6 Å². The van der Waals surface area contributed by atoms with Gasteiger partial charge in [-0.2, -0.15) is 0 Å². The highest BCUT2D eigenvalue weighted by Gasteiger charge is 2.14. The van der Waals surface area contributed by atoms with Gasteiger partial charge in [-0.05, 0) is 31.8 Å². The molecular weight excluding hydrogens is 252 g/mol. The number of aromatic nitrogens is 2. The first-order valence-electron chi connectivity index (χ1n) is 7.50. The molecule has 2 rings (SSSR count). The van der Waals surface area contributed by atoms with Gasteiger partial charge in [-0.25, -0.2) is 9.97 Å². The van der Waals surface area contributed by atoms with Crippen LogP contribution < -0.4 is 10.6 Å². The van der Waals surface area contributed by atoms with Gasteiger partial charge in [0, 0.05) is 25.6 Å². The van der Waals surface area contributed by atoms with Crippen LogP contribution in [0.15, 0.2) is 6.07 Å². The van der Waals surface area contributed by atoms with E-state index in [0.29, 0.717) is 12.5 Å². The minimum atomic E-state index is 0.325. The van der Waals surface area contributed by atoms with E-state index in [0.717, 1.165) is 42.9 Å². The smallest absolute Gasteiger partial charge is 0.133 e. The molecule has 0 atom stereocenters. The maximum Gasteiger partial charge on any atom is 0.133 e. The Bertz CT molecular complexity index is 416. The van der Waals surface area contributed by atoms with Crippen molar-refractivity contribution in [2.24, 2.45) is 5.92 Å². The first-order chi connectivity index (χ1) is 9.69. The molecule has 5 nitrogen and oxygen atoms in total. The predicted molar refractivity (Wildman–Crippen MR) is 80.9 cm³/mol. The highest BCUT2D eigenvalue weighted by Crippen LogP contribution is 2.17. The first kappa shape index (κ1) is 15.2. The molecule has 1 fully saturated rings. The third-order valence-electron chi connectivity index (χ3n) is 3.64. The van der Waals surface area contributed by atoms with E-state index in [1.54, 1.807) is 7.11 Å². The average molecular weight is 278 g/mol. The van der Waals surface area contributed by atoms with Crippen molar-refractivity contribution in [2.45, 2.75) is 39.2 Å². The summed E-state index contributed by atoms with van der Waals surface area (Å²) < 4.78 is 5.19. The number of ether oxygens (including phenoxy) is 1. The highest BCUT2D eigenvalue weighted by atomic mass is 16.5. The summed E-state index contributed by atoms with van der Waals surface area (Å²) in [6, 6.07) is 2.00. The van der Waals surface area contributed by atoms with E-state index >= 15 is 0 Å². The summed E-state index contributed by atoms with van der Waals surface area (Å²) in [5.41, 5.74) is 0.944. The second-order valence-corrected chi connectivity index (χ2v) is 5.76. The molecule has 1 saturated heterocycles. The number of piperidine rings is 1. The highest BCUT2D eigenvalue weighted by molar-refractivity contribution is 5.36. The summed E-state index contributed by atoms with van der Waals surface area (Å²) in [6.45, 7) is 8.00. The molecule has 112 valence electrons. The SMILES string of the molecule is COCc1cc(NCC2CCNCC2)nc(C(C)C)n1. The minimum absolute atomic E-state index is 0.325. The standard InChI is InChI=1S/C15H26N4O/c1-11(2)15-18-13(10-20-3)8-14(19-15)17-9-12-4-6-16-7-5-12/h8,11-12,16H,4-7,9-10H2,1-3H3,(H,17,18,19). The molecule has 1 aliphatic rings. The summed E-state index contributed by atoms with van der Waals surface area (Å²) in [4.78, 5) is 9.14. The Morgan fingerprint density at radius 1 is 1.35 bits per heavy atom. The van der Waals surface area contributed by atoms with E-state index in [1.807, 2.05) is 6.07 Å². The van der Waals surface area contributed by atoms with Gasteiger partial charge >= 0.3 is 0 Å². The van der Waals surface area contributed by atoms with Gasteiger partial charge in [-0.3, -0.25) is 0 Å². The Kier molecular flexibility index (Phi) is 5.73. The lowest BCUT2D eigenvalue weighted by molar-refractivity contribution is 0.181. The van der Waals surface area contributed by atoms with Crippen LogP contribution in [-0.2, 0) is 11.3 Å². The molecule has 1 aromatic rings. The van der Waals surface area contributed by atoms with E-state index in [-0.39, 0.29) is 0 Å². The van der Waals surface area contributed by atoms with Crippen LogP contribution in [0.5, 0.6) is 0 Å². The van der Waals surface area contributed by atoms with Crippen molar-refractivity contribution >= 4 is 5.82 Å².